The van der Waals surface area contributed by atoms with Gasteiger partial charge in [-0.05, 0) is 0 Å². The predicted octanol–water partition coefficient (Wildman–Crippen LogP) is -10.4. The van der Waals surface area contributed by atoms with Crippen molar-refractivity contribution >= 4 is 7.82 Å². The Morgan fingerprint density at radius 3 is 0.643 bits per heavy atom. The first-order chi connectivity index (χ1) is 2.00. The van der Waals surface area contributed by atoms with Gasteiger partial charge in [0.15, 0.2) is 0 Å². The van der Waals surface area contributed by atoms with Crippen LogP contribution in [-0.4, -0.2) is 58.5 Å². The molecule has 0 saturated heterocycles. The van der Waals surface area contributed by atoms with E-state index in [1.165, 1.54) is 0 Å². The summed E-state index contributed by atoms with van der Waals surface area (Å²) < 4.78 is 8.88. The number of hydrogen-bond acceptors (Lipinski definition) is 1. The van der Waals surface area contributed by atoms with Crippen molar-refractivity contribution in [1.82, 2.24) is 0 Å². The van der Waals surface area contributed by atoms with Crippen molar-refractivity contribution in [2.24, 2.45) is 0 Å². The Kier molecular flexibility index (Phi) is 428. The molecule has 0 bridgehead atoms. The fourth-order valence-corrected chi connectivity index (χ4v) is 0. The molecule has 0 amide bonds. The van der Waals surface area contributed by atoms with E-state index >= 15 is 0 Å². The summed E-state index contributed by atoms with van der Waals surface area (Å²) in [5, 5.41) is 0. The van der Waals surface area contributed by atoms with Crippen LogP contribution in [0.15, 0.2) is 0 Å². The van der Waals surface area contributed by atoms with E-state index in [-0.39, 0.29) is 74.8 Å². The molecular weight excluding hydrogens is 246 g/mol. The molecule has 12 nitrogen and oxygen atoms in total. The second-order valence-corrected chi connectivity index (χ2v) is 1.54. The minimum atomic E-state index is -4.64. The molecule has 14 heavy (non-hydrogen) atoms. The molecule has 0 aromatic heterocycles. The maximum atomic E-state index is 8.88. The summed E-state index contributed by atoms with van der Waals surface area (Å²) in [5.41, 5.74) is 0. The van der Waals surface area contributed by atoms with Gasteiger partial charge < -0.3 is 59.9 Å². The first-order valence-electron chi connectivity index (χ1n) is 0.783. The number of phosphoric acid groups is 1. The van der Waals surface area contributed by atoms with E-state index < -0.39 is 7.82 Å². The molecule has 0 aliphatic heterocycles. The molecule has 0 aliphatic rings. The van der Waals surface area contributed by atoms with Gasteiger partial charge in [0.05, 0.1) is 0 Å². The third-order valence-corrected chi connectivity index (χ3v) is 0. The molecule has 0 aromatic carbocycles. The monoisotopic (exact) mass is 266 g/mol. The van der Waals surface area contributed by atoms with Gasteiger partial charge in [-0.1, -0.05) is 0 Å². The zero-order chi connectivity index (χ0) is 4.50. The maximum Gasteiger partial charge on any atom is 1.00 e. The molecule has 14 heteroatoms. The van der Waals surface area contributed by atoms with E-state index in [1.807, 2.05) is 0 Å². The van der Waals surface area contributed by atoms with Crippen molar-refractivity contribution in [1.29, 1.82) is 0 Å². The van der Waals surface area contributed by atoms with Gasteiger partial charge in [0.2, 0.25) is 0 Å². The van der Waals surface area contributed by atoms with Crippen LogP contribution in [0.5, 0.6) is 0 Å². The van der Waals surface area contributed by atoms with Gasteiger partial charge in [0.25, 0.3) is 0 Å². The minimum Gasteiger partial charge on any atom is -1.00 e. The van der Waals surface area contributed by atoms with Crippen LogP contribution in [0.25, 0.3) is 0 Å². The maximum absolute atomic E-state index is 8.88. The number of hydrogen-bond donors (Lipinski definition) is 3. The molecule has 0 unspecified atom stereocenters. The largest absolute Gasteiger partial charge is 1.00 e. The summed E-state index contributed by atoms with van der Waals surface area (Å²) in [6.45, 7) is 0. The van der Waals surface area contributed by atoms with Crippen LogP contribution in [0.2, 0.25) is 0 Å². The van der Waals surface area contributed by atoms with Crippen LogP contribution in [0, 0.1) is 0 Å². The Labute approximate surface area is 102 Å². The Bertz CT molecular complexity index is 61.8. The summed E-state index contributed by atoms with van der Waals surface area (Å²) in [6.07, 6.45) is 0. The van der Waals surface area contributed by atoms with Gasteiger partial charge in [-0.2, -0.15) is 0 Å². The van der Waals surface area contributed by atoms with Gasteiger partial charge in [-0.3, -0.25) is 0 Å². The molecule has 0 heterocycles. The van der Waals surface area contributed by atoms with E-state index in [0.717, 1.165) is 0 Å². The van der Waals surface area contributed by atoms with Crippen LogP contribution < -0.4 is 29.6 Å². The van der Waals surface area contributed by atoms with E-state index in [9.17, 15) is 0 Å². The van der Waals surface area contributed by atoms with Crippen molar-refractivity contribution in [3.8, 4) is 0 Å². The van der Waals surface area contributed by atoms with E-state index in [2.05, 4.69) is 0 Å². The van der Waals surface area contributed by atoms with Crippen LogP contribution in [0.3, 0.4) is 0 Å². The van der Waals surface area contributed by atoms with E-state index in [1.54, 1.807) is 0 Å². The fourth-order valence-electron chi connectivity index (χ4n) is 0. The molecule has 0 aromatic rings. The molecule has 0 radical (unpaired) electrons. The molecule has 0 saturated carbocycles. The van der Waals surface area contributed by atoms with Crippen molar-refractivity contribution in [2.75, 3.05) is 0 Å². The Morgan fingerprint density at radius 1 is 0.643 bits per heavy atom. The average Bonchev–Trinajstić information content (AvgIpc) is 0.722. The van der Waals surface area contributed by atoms with Crippen LogP contribution in [-0.2, 0) is 4.57 Å². The summed E-state index contributed by atoms with van der Waals surface area (Å²) in [5.74, 6) is 0. The van der Waals surface area contributed by atoms with E-state index in [0.29, 0.717) is 0 Å². The Hall–Kier alpha value is 0.790. The topological polar surface area (TPSA) is 330 Å². The van der Waals surface area contributed by atoms with Gasteiger partial charge in [-0.25, -0.2) is 4.57 Å². The second kappa shape index (κ2) is 48.9. The van der Waals surface area contributed by atoms with Crippen molar-refractivity contribution in [3.05, 3.63) is 0 Å². The third-order valence-electron chi connectivity index (χ3n) is 0. The Morgan fingerprint density at radius 2 is 0.643 bits per heavy atom. The van der Waals surface area contributed by atoms with Gasteiger partial charge in [0, 0.05) is 0 Å². The minimum absolute atomic E-state index is 0. The van der Waals surface area contributed by atoms with Gasteiger partial charge >= 0.3 is 37.4 Å². The van der Waals surface area contributed by atoms with Crippen LogP contribution in [0.1, 0.15) is 1.43 Å². The summed E-state index contributed by atoms with van der Waals surface area (Å²) in [7, 11) is -4.64. The average molecular weight is 266 g/mol. The zero-order valence-electron chi connectivity index (χ0n) is 8.20. The number of rotatable bonds is 0. The molecule has 0 spiro atoms. The first kappa shape index (κ1) is 123. The normalized spacial score (nSPS) is 4.21. The van der Waals surface area contributed by atoms with Crippen LogP contribution in [0.4, 0.5) is 0 Å². The quantitative estimate of drug-likeness (QED) is 0.283. The van der Waals surface area contributed by atoms with Crippen molar-refractivity contribution in [3.63, 3.8) is 0 Å². The van der Waals surface area contributed by atoms with Gasteiger partial charge in [-0.15, -0.1) is 0 Å². The summed E-state index contributed by atoms with van der Waals surface area (Å²) >= 11 is 0. The van der Waals surface area contributed by atoms with Crippen molar-refractivity contribution < 1.29 is 94.0 Å². The molecular formula is H20NaO12P. The molecule has 0 rings (SSSR count). The standard InChI is InChI=1S/Na.H3O4P.8H2O.H/c;1-5(2,3)4;;;;;;;;;/h;(H3,1,2,3,4);8*1H2;/q+1;;;;;;;;;;-1. The zero-order valence-corrected chi connectivity index (χ0v) is 10.1. The molecule has 0 atom stereocenters. The van der Waals surface area contributed by atoms with Crippen LogP contribution >= 0.6 is 7.82 Å². The second-order valence-electron chi connectivity index (χ2n) is 0.513. The molecule has 19 N–H and O–H groups in total. The SMILES string of the molecule is O.O.O.O.O.O.O.O.O=P(O)(O)O.[H-].[Na+]. The molecule has 0 fully saturated rings. The molecule has 98 valence electrons. The smallest absolute Gasteiger partial charge is 1.00 e. The first-order valence-corrected chi connectivity index (χ1v) is 2.35. The summed E-state index contributed by atoms with van der Waals surface area (Å²) in [4.78, 5) is 21.6. The van der Waals surface area contributed by atoms with Gasteiger partial charge in [0.1, 0.15) is 0 Å². The third kappa shape index (κ3) is 2850. The predicted molar refractivity (Wildman–Crippen MR) is 44.3 cm³/mol. The summed E-state index contributed by atoms with van der Waals surface area (Å²) in [6, 6.07) is 0. The fraction of sp³-hybridized carbons (Fsp3) is 0. The molecule has 0 aliphatic carbocycles. The van der Waals surface area contributed by atoms with E-state index in [4.69, 9.17) is 19.2 Å². The Balaban J connectivity index is -0.00000000178. The van der Waals surface area contributed by atoms with Crippen molar-refractivity contribution in [2.45, 2.75) is 0 Å².